The molecule has 1 aliphatic rings. The molecule has 0 saturated carbocycles. The van der Waals surface area contributed by atoms with Gasteiger partial charge >= 0.3 is 11.9 Å². The Morgan fingerprint density at radius 2 is 1.85 bits per heavy atom. The molecule has 0 saturated heterocycles. The highest BCUT2D eigenvalue weighted by molar-refractivity contribution is 6.32. The first kappa shape index (κ1) is 23.0. The minimum Gasteiger partial charge on any atom is -0.478 e. The molecule has 0 fully saturated rings. The van der Waals surface area contributed by atoms with Gasteiger partial charge in [-0.25, -0.2) is 4.79 Å². The highest BCUT2D eigenvalue weighted by Gasteiger charge is 2.29. The first-order chi connectivity index (χ1) is 16.3. The normalized spacial score (nSPS) is 15.6. The summed E-state index contributed by atoms with van der Waals surface area (Å²) in [5, 5.41) is 15.8. The van der Waals surface area contributed by atoms with Crippen molar-refractivity contribution in [2.45, 2.75) is 26.8 Å². The summed E-state index contributed by atoms with van der Waals surface area (Å²) in [5.41, 5.74) is 3.56. The molecule has 0 spiro atoms. The molecule has 2 heterocycles. The second kappa shape index (κ2) is 9.35. The van der Waals surface area contributed by atoms with Crippen molar-refractivity contribution >= 4 is 46.2 Å². The summed E-state index contributed by atoms with van der Waals surface area (Å²) >= 11 is 0. The third kappa shape index (κ3) is 4.47. The number of hydrogen-bond donors (Lipinski definition) is 1. The average Bonchev–Trinajstić information content (AvgIpc) is 3.31. The van der Waals surface area contributed by atoms with Crippen molar-refractivity contribution in [1.82, 2.24) is 4.57 Å². The number of esters is 1. The number of fused-ring (bicyclic) bond motifs is 1. The fourth-order valence-corrected chi connectivity index (χ4v) is 4.07. The van der Waals surface area contributed by atoms with E-state index in [1.165, 1.54) is 24.3 Å². The van der Waals surface area contributed by atoms with Crippen LogP contribution in [-0.4, -0.2) is 40.3 Å². The van der Waals surface area contributed by atoms with E-state index in [2.05, 4.69) is 9.67 Å². The van der Waals surface area contributed by atoms with Crippen LogP contribution in [0.4, 0.5) is 5.69 Å². The Hall–Kier alpha value is -4.20. The maximum absolute atomic E-state index is 13.2. The number of benzene rings is 2. The first-order valence-electron chi connectivity index (χ1n) is 10.9. The topological polar surface area (TPSA) is 101 Å². The summed E-state index contributed by atoms with van der Waals surface area (Å²) in [4.78, 5) is 35.9. The van der Waals surface area contributed by atoms with Crippen LogP contribution in [0.15, 0.2) is 65.4 Å². The van der Waals surface area contributed by atoms with Crippen LogP contribution in [0.5, 0.6) is 0 Å². The molecule has 8 heteroatoms. The summed E-state index contributed by atoms with van der Waals surface area (Å²) < 4.78 is 6.87. The van der Waals surface area contributed by atoms with Crippen molar-refractivity contribution in [3.63, 3.8) is 0 Å². The zero-order chi connectivity index (χ0) is 24.4. The average molecular weight is 460 g/mol. The molecule has 0 bridgehead atoms. The summed E-state index contributed by atoms with van der Waals surface area (Å²) in [6.45, 7) is 4.39. The van der Waals surface area contributed by atoms with Crippen molar-refractivity contribution in [2.24, 2.45) is 11.0 Å². The number of aromatic carboxylic acids is 1. The van der Waals surface area contributed by atoms with Gasteiger partial charge in [0.15, 0.2) is 0 Å². The van der Waals surface area contributed by atoms with Gasteiger partial charge in [0, 0.05) is 35.6 Å². The zero-order valence-corrected chi connectivity index (χ0v) is 19.2. The van der Waals surface area contributed by atoms with Gasteiger partial charge in [0.25, 0.3) is 5.91 Å². The predicted molar refractivity (Wildman–Crippen MR) is 130 cm³/mol. The van der Waals surface area contributed by atoms with Crippen LogP contribution in [0.3, 0.4) is 0 Å². The number of carboxylic acids is 1. The molecule has 1 amide bonds. The Morgan fingerprint density at radius 3 is 2.53 bits per heavy atom. The second-order valence-corrected chi connectivity index (χ2v) is 8.35. The predicted octanol–water partition coefficient (Wildman–Crippen LogP) is 4.34. The van der Waals surface area contributed by atoms with Gasteiger partial charge in [-0.05, 0) is 49.2 Å². The molecule has 1 unspecified atom stereocenters. The summed E-state index contributed by atoms with van der Waals surface area (Å²) in [7, 11) is 1.39. The molecule has 3 aromatic rings. The van der Waals surface area contributed by atoms with Crippen LogP contribution in [-0.2, 0) is 20.9 Å². The Morgan fingerprint density at radius 1 is 1.15 bits per heavy atom. The van der Waals surface area contributed by atoms with Crippen LogP contribution in [0.25, 0.3) is 17.0 Å². The molecule has 8 nitrogen and oxygen atoms in total. The highest BCUT2D eigenvalue weighted by Crippen LogP contribution is 2.29. The molecular weight excluding hydrogens is 434 g/mol. The monoisotopic (exact) mass is 459 g/mol. The largest absolute Gasteiger partial charge is 0.478 e. The number of carbonyl (C=O) groups excluding carboxylic acids is 2. The van der Waals surface area contributed by atoms with Crippen LogP contribution < -0.4 is 5.01 Å². The van der Waals surface area contributed by atoms with Crippen LogP contribution in [0, 0.1) is 5.92 Å². The van der Waals surface area contributed by atoms with Gasteiger partial charge < -0.3 is 14.4 Å². The molecule has 1 atom stereocenters. The lowest BCUT2D eigenvalue weighted by atomic mass is 10.1. The van der Waals surface area contributed by atoms with E-state index in [0.29, 0.717) is 29.9 Å². The van der Waals surface area contributed by atoms with Gasteiger partial charge in [-0.3, -0.25) is 9.59 Å². The quantitative estimate of drug-likeness (QED) is 0.418. The number of hydrazone groups is 1. The van der Waals surface area contributed by atoms with E-state index >= 15 is 0 Å². The van der Waals surface area contributed by atoms with Gasteiger partial charge in [0.05, 0.1) is 29.6 Å². The van der Waals surface area contributed by atoms with Crippen molar-refractivity contribution in [1.29, 1.82) is 0 Å². The Balaban J connectivity index is 1.65. The number of anilines is 1. The summed E-state index contributed by atoms with van der Waals surface area (Å²) in [5.74, 6) is -1.48. The van der Waals surface area contributed by atoms with E-state index < -0.39 is 5.97 Å². The van der Waals surface area contributed by atoms with Crippen molar-refractivity contribution in [3.05, 3.63) is 71.4 Å². The van der Waals surface area contributed by atoms with E-state index in [4.69, 9.17) is 9.84 Å². The minimum absolute atomic E-state index is 0.0736. The molecule has 1 N–H and O–H groups in total. The lowest BCUT2D eigenvalue weighted by molar-refractivity contribution is -0.141. The Labute approximate surface area is 196 Å². The number of amides is 1. The van der Waals surface area contributed by atoms with Crippen LogP contribution in [0.1, 0.15) is 36.2 Å². The molecule has 1 aromatic heterocycles. The van der Waals surface area contributed by atoms with Gasteiger partial charge in [-0.2, -0.15) is 10.1 Å². The van der Waals surface area contributed by atoms with Crippen molar-refractivity contribution in [3.8, 4) is 0 Å². The van der Waals surface area contributed by atoms with E-state index in [0.717, 1.165) is 16.5 Å². The lowest BCUT2D eigenvalue weighted by Crippen LogP contribution is -2.21. The standard InChI is InChI=1S/C26H25N3O5/c1-16(12-24(30)34-3)14-28-15-19(21-6-4-5-7-23(21)28)13-22-17(2)27-29(25(22)31)20-10-8-18(9-11-20)26(32)33/h4-11,13,15-16H,12,14H2,1-3H3,(H,32,33)/b22-13-. The molecule has 34 heavy (non-hydrogen) atoms. The van der Waals surface area contributed by atoms with E-state index in [-0.39, 0.29) is 23.4 Å². The minimum atomic E-state index is -1.03. The molecule has 2 aromatic carbocycles. The molecule has 0 aliphatic carbocycles. The zero-order valence-electron chi connectivity index (χ0n) is 19.2. The Bertz CT molecular complexity index is 1330. The molecule has 1 aliphatic heterocycles. The number of methoxy groups -OCH3 is 1. The lowest BCUT2D eigenvalue weighted by Gasteiger charge is -2.12. The molecule has 0 radical (unpaired) electrons. The highest BCUT2D eigenvalue weighted by atomic mass is 16.5. The number of para-hydroxylation sites is 1. The number of carboxylic acid groups (broad SMARTS) is 1. The van der Waals surface area contributed by atoms with Crippen LogP contribution >= 0.6 is 0 Å². The number of ether oxygens (including phenoxy) is 1. The Kier molecular flexibility index (Phi) is 6.32. The number of aromatic nitrogens is 1. The third-order valence-corrected chi connectivity index (χ3v) is 5.79. The summed E-state index contributed by atoms with van der Waals surface area (Å²) in [6, 6.07) is 13.9. The SMILES string of the molecule is COC(=O)CC(C)Cn1cc(/C=C2\C(=O)N(c3ccc(C(=O)O)cc3)N=C2C)c2ccccc21. The van der Waals surface area contributed by atoms with Gasteiger partial charge in [0.2, 0.25) is 0 Å². The van der Waals surface area contributed by atoms with Gasteiger partial charge in [-0.1, -0.05) is 25.1 Å². The maximum Gasteiger partial charge on any atom is 0.335 e. The smallest absolute Gasteiger partial charge is 0.335 e. The van der Waals surface area contributed by atoms with E-state index in [1.807, 2.05) is 43.5 Å². The number of rotatable bonds is 7. The number of carbonyl (C=O) groups is 3. The van der Waals surface area contributed by atoms with Gasteiger partial charge in [-0.15, -0.1) is 0 Å². The number of nitrogens with zero attached hydrogens (tertiary/aromatic N) is 3. The number of hydrogen-bond acceptors (Lipinski definition) is 5. The molecule has 4 rings (SSSR count). The molecule has 174 valence electrons. The fraction of sp³-hybridized carbons (Fsp3) is 0.231. The fourth-order valence-electron chi connectivity index (χ4n) is 4.07. The van der Waals surface area contributed by atoms with Gasteiger partial charge in [0.1, 0.15) is 0 Å². The molecular formula is C26H25N3O5. The maximum atomic E-state index is 13.2. The van der Waals surface area contributed by atoms with Crippen LogP contribution in [0.2, 0.25) is 0 Å². The first-order valence-corrected chi connectivity index (χ1v) is 10.9. The van der Waals surface area contributed by atoms with Crippen molar-refractivity contribution < 1.29 is 24.2 Å². The third-order valence-electron chi connectivity index (χ3n) is 5.79. The van der Waals surface area contributed by atoms with Crippen molar-refractivity contribution in [2.75, 3.05) is 12.1 Å². The second-order valence-electron chi connectivity index (χ2n) is 8.35. The van der Waals surface area contributed by atoms with E-state index in [9.17, 15) is 14.4 Å². The van der Waals surface area contributed by atoms with E-state index in [1.54, 1.807) is 19.1 Å². The summed E-state index contributed by atoms with van der Waals surface area (Å²) in [6.07, 6.45) is 4.13.